The van der Waals surface area contributed by atoms with Gasteiger partial charge in [-0.2, -0.15) is 0 Å². The molecule has 204 valence electrons. The molecule has 1 amide bonds. The molecule has 12 heteroatoms. The Hall–Kier alpha value is -4.19. The van der Waals surface area contributed by atoms with E-state index in [1.165, 1.54) is 6.26 Å². The van der Waals surface area contributed by atoms with E-state index in [2.05, 4.69) is 25.4 Å². The van der Waals surface area contributed by atoms with E-state index in [0.717, 1.165) is 31.1 Å². The Kier molecular flexibility index (Phi) is 6.77. The van der Waals surface area contributed by atoms with Gasteiger partial charge in [-0.1, -0.05) is 12.8 Å². The van der Waals surface area contributed by atoms with Gasteiger partial charge in [0.2, 0.25) is 0 Å². The maximum absolute atomic E-state index is 13.6. The van der Waals surface area contributed by atoms with Gasteiger partial charge >= 0.3 is 0 Å². The number of ether oxygens (including phenoxy) is 2. The Balaban J connectivity index is 1.39. The summed E-state index contributed by atoms with van der Waals surface area (Å²) in [4.78, 5) is 33.5. The fourth-order valence-corrected chi connectivity index (χ4v) is 5.78. The van der Waals surface area contributed by atoms with Crippen LogP contribution in [0.3, 0.4) is 0 Å². The van der Waals surface area contributed by atoms with Gasteiger partial charge in [-0.25, -0.2) is 4.68 Å². The summed E-state index contributed by atoms with van der Waals surface area (Å²) in [6.07, 6.45) is 5.75. The van der Waals surface area contributed by atoms with Crippen molar-refractivity contribution in [1.29, 1.82) is 0 Å². The highest BCUT2D eigenvalue weighted by Gasteiger charge is 2.36. The molecule has 2 fully saturated rings. The van der Waals surface area contributed by atoms with Crippen molar-refractivity contribution in [3.8, 4) is 11.5 Å². The number of amides is 1. The highest BCUT2D eigenvalue weighted by atomic mass is 16.5. The number of furan rings is 1. The molecule has 1 atom stereocenters. The summed E-state index contributed by atoms with van der Waals surface area (Å²) < 4.78 is 18.1. The second-order valence-electron chi connectivity index (χ2n) is 9.98. The summed E-state index contributed by atoms with van der Waals surface area (Å²) in [5, 5.41) is 13.7. The zero-order valence-electron chi connectivity index (χ0n) is 22.0. The fourth-order valence-electron chi connectivity index (χ4n) is 5.78. The Morgan fingerprint density at radius 1 is 1.08 bits per heavy atom. The minimum atomic E-state index is -0.497. The van der Waals surface area contributed by atoms with Crippen molar-refractivity contribution in [3.05, 3.63) is 64.1 Å². The van der Waals surface area contributed by atoms with Crippen LogP contribution in [0, 0.1) is 0 Å². The largest absolute Gasteiger partial charge is 0.493 e. The molecule has 0 unspecified atom stereocenters. The van der Waals surface area contributed by atoms with Crippen LogP contribution in [0.2, 0.25) is 0 Å². The number of methoxy groups -OCH3 is 2. The Labute approximate surface area is 224 Å². The lowest BCUT2D eigenvalue weighted by Gasteiger charge is -2.38. The SMILES string of the molecule is COc1cc2cc([C@H](c3nnnn3C3CCCC3)N3CCN(C(=O)c4ccco4)CC3)c(=O)[nH]c2cc1OC. The van der Waals surface area contributed by atoms with Crippen LogP contribution in [0.1, 0.15) is 59.7 Å². The monoisotopic (exact) mass is 533 g/mol. The number of carbonyl (C=O) groups is 1. The smallest absolute Gasteiger partial charge is 0.289 e. The molecule has 39 heavy (non-hydrogen) atoms. The normalized spacial score (nSPS) is 17.5. The lowest BCUT2D eigenvalue weighted by molar-refractivity contribution is 0.0557. The molecule has 4 heterocycles. The Morgan fingerprint density at radius 3 is 2.51 bits per heavy atom. The predicted octanol–water partition coefficient (Wildman–Crippen LogP) is 2.79. The molecule has 12 nitrogen and oxygen atoms in total. The molecule has 3 aromatic heterocycles. The zero-order valence-corrected chi connectivity index (χ0v) is 22.0. The zero-order chi connectivity index (χ0) is 26.9. The lowest BCUT2D eigenvalue weighted by Crippen LogP contribution is -2.50. The molecule has 2 aliphatic rings. The van der Waals surface area contributed by atoms with Crippen molar-refractivity contribution in [2.45, 2.75) is 37.8 Å². The number of nitrogens with one attached hydrogen (secondary N) is 1. The van der Waals surface area contributed by atoms with Gasteiger partial charge in [0.1, 0.15) is 6.04 Å². The molecule has 0 bridgehead atoms. The van der Waals surface area contributed by atoms with Gasteiger partial charge in [0, 0.05) is 43.2 Å². The average Bonchev–Trinajstić information content (AvgIpc) is 3.76. The van der Waals surface area contributed by atoms with Crippen LogP contribution in [0.5, 0.6) is 11.5 Å². The molecule has 0 spiro atoms. The minimum Gasteiger partial charge on any atom is -0.493 e. The van der Waals surface area contributed by atoms with Crippen LogP contribution in [0.4, 0.5) is 0 Å². The van der Waals surface area contributed by atoms with Gasteiger partial charge in [0.15, 0.2) is 23.1 Å². The molecule has 1 aliphatic heterocycles. The van der Waals surface area contributed by atoms with E-state index >= 15 is 0 Å². The number of rotatable bonds is 7. The fraction of sp³-hybridized carbons (Fsp3) is 0.444. The number of nitrogens with zero attached hydrogens (tertiary/aromatic N) is 6. The van der Waals surface area contributed by atoms with Crippen molar-refractivity contribution in [1.82, 2.24) is 35.0 Å². The lowest BCUT2D eigenvalue weighted by atomic mass is 10.0. The number of fused-ring (bicyclic) bond motifs is 1. The number of pyridine rings is 1. The quantitative estimate of drug-likeness (QED) is 0.381. The first kappa shape index (κ1) is 25.1. The molecular formula is C27H31N7O5. The second-order valence-corrected chi connectivity index (χ2v) is 9.98. The van der Waals surface area contributed by atoms with Gasteiger partial charge in [0.05, 0.1) is 32.0 Å². The Bertz CT molecular complexity index is 1520. The standard InChI is InChI=1S/C27H31N7O5/c1-37-22-15-17-14-19(26(35)28-20(17)16-23(22)38-2)24(25-29-30-31-34(25)18-6-3-4-7-18)32-9-11-33(12-10-32)27(36)21-8-5-13-39-21/h5,8,13-16,18,24H,3-4,6-7,9-12H2,1-2H3,(H,28,35)/t24-/m1/s1. The van der Waals surface area contributed by atoms with Crippen molar-refractivity contribution in [3.63, 3.8) is 0 Å². The van der Waals surface area contributed by atoms with Gasteiger partial charge in [0.25, 0.3) is 11.5 Å². The molecular weight excluding hydrogens is 502 g/mol. The van der Waals surface area contributed by atoms with Crippen LogP contribution in [-0.2, 0) is 0 Å². The summed E-state index contributed by atoms with van der Waals surface area (Å²) in [5.74, 6) is 1.92. The third kappa shape index (κ3) is 4.65. The third-order valence-corrected chi connectivity index (χ3v) is 7.80. The summed E-state index contributed by atoms with van der Waals surface area (Å²) in [6, 6.07) is 8.57. The molecule has 1 saturated carbocycles. The van der Waals surface area contributed by atoms with Crippen molar-refractivity contribution < 1.29 is 18.7 Å². The van der Waals surface area contributed by atoms with Crippen LogP contribution in [0.25, 0.3) is 10.9 Å². The number of carbonyl (C=O) groups excluding carboxylic acids is 1. The van der Waals surface area contributed by atoms with Crippen LogP contribution < -0.4 is 15.0 Å². The number of aromatic nitrogens is 5. The average molecular weight is 534 g/mol. The van der Waals surface area contributed by atoms with Crippen molar-refractivity contribution >= 4 is 16.8 Å². The highest BCUT2D eigenvalue weighted by Crippen LogP contribution is 2.36. The molecule has 0 radical (unpaired) electrons. The highest BCUT2D eigenvalue weighted by molar-refractivity contribution is 5.91. The minimum absolute atomic E-state index is 0.142. The number of H-pyrrole nitrogens is 1. The molecule has 1 N–H and O–H groups in total. The topological polar surface area (TPSA) is 132 Å². The van der Waals surface area contributed by atoms with Gasteiger partial charge < -0.3 is 23.8 Å². The summed E-state index contributed by atoms with van der Waals surface area (Å²) >= 11 is 0. The molecule has 4 aromatic rings. The van der Waals surface area contributed by atoms with Crippen molar-refractivity contribution in [2.75, 3.05) is 40.4 Å². The first-order valence-corrected chi connectivity index (χ1v) is 13.2. The number of hydrogen-bond donors (Lipinski definition) is 1. The second kappa shape index (κ2) is 10.5. The van der Waals surface area contributed by atoms with Gasteiger partial charge in [-0.05, 0) is 47.5 Å². The van der Waals surface area contributed by atoms with E-state index in [4.69, 9.17) is 13.9 Å². The van der Waals surface area contributed by atoms with Crippen LogP contribution in [-0.4, -0.2) is 81.3 Å². The molecule has 1 aliphatic carbocycles. The van der Waals surface area contributed by atoms with Crippen LogP contribution >= 0.6 is 0 Å². The van der Waals surface area contributed by atoms with E-state index in [9.17, 15) is 9.59 Å². The first-order chi connectivity index (χ1) is 19.1. The molecule has 6 rings (SSSR count). The van der Waals surface area contributed by atoms with E-state index < -0.39 is 6.04 Å². The number of tetrazole rings is 1. The third-order valence-electron chi connectivity index (χ3n) is 7.80. The van der Waals surface area contributed by atoms with E-state index in [1.54, 1.807) is 37.3 Å². The first-order valence-electron chi connectivity index (χ1n) is 13.2. The maximum Gasteiger partial charge on any atom is 0.289 e. The van der Waals surface area contributed by atoms with Gasteiger partial charge in [-0.15, -0.1) is 5.10 Å². The van der Waals surface area contributed by atoms with E-state index in [-0.39, 0.29) is 17.5 Å². The number of piperazine rings is 1. The summed E-state index contributed by atoms with van der Waals surface area (Å²) in [7, 11) is 3.14. The molecule has 1 saturated heterocycles. The Morgan fingerprint density at radius 2 is 1.82 bits per heavy atom. The molecule has 1 aromatic carbocycles. The number of hydrogen-bond acceptors (Lipinski definition) is 9. The van der Waals surface area contributed by atoms with Gasteiger partial charge in [-0.3, -0.25) is 14.5 Å². The predicted molar refractivity (Wildman–Crippen MR) is 141 cm³/mol. The van der Waals surface area contributed by atoms with Crippen LogP contribution in [0.15, 0.2) is 45.8 Å². The summed E-state index contributed by atoms with van der Waals surface area (Å²) in [5.41, 5.74) is 0.953. The number of aromatic amines is 1. The maximum atomic E-state index is 13.6. The van der Waals surface area contributed by atoms with E-state index in [1.807, 2.05) is 16.8 Å². The van der Waals surface area contributed by atoms with E-state index in [0.29, 0.717) is 60.3 Å². The number of benzene rings is 1. The van der Waals surface area contributed by atoms with Crippen molar-refractivity contribution in [2.24, 2.45) is 0 Å². The summed E-state index contributed by atoms with van der Waals surface area (Å²) in [6.45, 7) is 2.05.